The Morgan fingerprint density at radius 3 is 2.71 bits per heavy atom. The molecule has 1 amide bonds. The molecular weight excluding hydrogens is 378 g/mol. The van der Waals surface area contributed by atoms with E-state index in [1.54, 1.807) is 6.20 Å². The highest BCUT2D eigenvalue weighted by Crippen LogP contribution is 2.39. The summed E-state index contributed by atoms with van der Waals surface area (Å²) >= 11 is 6.04. The van der Waals surface area contributed by atoms with Gasteiger partial charge in [0.2, 0.25) is 0 Å². The number of amides is 1. The van der Waals surface area contributed by atoms with Gasteiger partial charge in [0.1, 0.15) is 13.2 Å². The van der Waals surface area contributed by atoms with Gasteiger partial charge in [0.05, 0.1) is 11.3 Å². The Morgan fingerprint density at radius 2 is 1.86 bits per heavy atom. The Morgan fingerprint density at radius 1 is 1.04 bits per heavy atom. The van der Waals surface area contributed by atoms with Gasteiger partial charge in [-0.1, -0.05) is 23.7 Å². The standard InChI is InChI=1S/C21H20ClN3O3/c22-14-4-5-15-16(13-23-17(15)12-14)21(26)25-8-6-24(7-9-25)18-2-1-3-19-20(18)28-11-10-27-19/h1-5,12-13,23H,6-11H2. The number of piperazine rings is 1. The number of nitrogens with one attached hydrogen (secondary N) is 1. The molecule has 1 N–H and O–H groups in total. The van der Waals surface area contributed by atoms with Crippen molar-refractivity contribution in [2.24, 2.45) is 0 Å². The van der Waals surface area contributed by atoms with E-state index < -0.39 is 0 Å². The van der Waals surface area contributed by atoms with E-state index in [0.717, 1.165) is 41.2 Å². The first-order chi connectivity index (χ1) is 13.7. The summed E-state index contributed by atoms with van der Waals surface area (Å²) in [6.07, 6.45) is 1.77. The summed E-state index contributed by atoms with van der Waals surface area (Å²) in [5, 5.41) is 1.55. The highest BCUT2D eigenvalue weighted by atomic mass is 35.5. The highest BCUT2D eigenvalue weighted by molar-refractivity contribution is 6.31. The van der Waals surface area contributed by atoms with Gasteiger partial charge >= 0.3 is 0 Å². The van der Waals surface area contributed by atoms with Crippen LogP contribution in [0.3, 0.4) is 0 Å². The third-order valence-electron chi connectivity index (χ3n) is 5.33. The Bertz CT molecular complexity index is 1040. The average molecular weight is 398 g/mol. The first kappa shape index (κ1) is 17.3. The van der Waals surface area contributed by atoms with Gasteiger partial charge in [-0.15, -0.1) is 0 Å². The van der Waals surface area contributed by atoms with Crippen molar-refractivity contribution in [3.05, 3.63) is 53.2 Å². The topological polar surface area (TPSA) is 57.8 Å². The Hall–Kier alpha value is -2.86. The van der Waals surface area contributed by atoms with Gasteiger partial charge in [-0.05, 0) is 24.3 Å². The van der Waals surface area contributed by atoms with E-state index in [9.17, 15) is 4.79 Å². The molecule has 2 aliphatic rings. The van der Waals surface area contributed by atoms with Crippen LogP contribution in [0.2, 0.25) is 5.02 Å². The summed E-state index contributed by atoms with van der Waals surface area (Å²) in [7, 11) is 0. The molecule has 3 aromatic rings. The number of anilines is 1. The van der Waals surface area contributed by atoms with Gasteiger partial charge in [-0.2, -0.15) is 0 Å². The van der Waals surface area contributed by atoms with E-state index in [0.29, 0.717) is 36.9 Å². The molecule has 1 saturated heterocycles. The van der Waals surface area contributed by atoms with Crippen molar-refractivity contribution in [3.63, 3.8) is 0 Å². The largest absolute Gasteiger partial charge is 0.486 e. The van der Waals surface area contributed by atoms with Crippen molar-refractivity contribution in [1.82, 2.24) is 9.88 Å². The molecule has 0 bridgehead atoms. The molecule has 2 aliphatic heterocycles. The second-order valence-corrected chi connectivity index (χ2v) is 7.41. The molecule has 0 saturated carbocycles. The Balaban J connectivity index is 1.33. The summed E-state index contributed by atoms with van der Waals surface area (Å²) in [5.74, 6) is 1.64. The minimum Gasteiger partial charge on any atom is -0.486 e. The third-order valence-corrected chi connectivity index (χ3v) is 5.56. The zero-order valence-corrected chi connectivity index (χ0v) is 16.0. The van der Waals surface area contributed by atoms with E-state index in [-0.39, 0.29) is 5.91 Å². The summed E-state index contributed by atoms with van der Waals surface area (Å²) in [6, 6.07) is 11.5. The SMILES string of the molecule is O=C(c1c[nH]c2cc(Cl)ccc12)N1CCN(c2cccc3c2OCCO3)CC1. The van der Waals surface area contributed by atoms with Crippen LogP contribution in [-0.4, -0.2) is 55.2 Å². The fourth-order valence-electron chi connectivity index (χ4n) is 3.90. The van der Waals surface area contributed by atoms with Crippen LogP contribution in [0.25, 0.3) is 10.9 Å². The van der Waals surface area contributed by atoms with E-state index >= 15 is 0 Å². The van der Waals surface area contributed by atoms with Gasteiger partial charge < -0.3 is 24.3 Å². The summed E-state index contributed by atoms with van der Waals surface area (Å²) in [6.45, 7) is 3.95. The van der Waals surface area contributed by atoms with Crippen molar-refractivity contribution < 1.29 is 14.3 Å². The third kappa shape index (κ3) is 2.94. The second-order valence-electron chi connectivity index (χ2n) is 6.97. The molecule has 5 rings (SSSR count). The van der Waals surface area contributed by atoms with E-state index in [2.05, 4.69) is 16.0 Å². The smallest absolute Gasteiger partial charge is 0.256 e. The van der Waals surface area contributed by atoms with Crippen LogP contribution in [-0.2, 0) is 0 Å². The Labute approximate surface area is 167 Å². The summed E-state index contributed by atoms with van der Waals surface area (Å²) in [5.41, 5.74) is 2.60. The number of ether oxygens (including phenoxy) is 2. The zero-order chi connectivity index (χ0) is 19.1. The van der Waals surface area contributed by atoms with Crippen LogP contribution >= 0.6 is 11.6 Å². The van der Waals surface area contributed by atoms with Crippen molar-refractivity contribution in [1.29, 1.82) is 0 Å². The number of H-pyrrole nitrogens is 1. The molecule has 0 spiro atoms. The molecule has 3 heterocycles. The number of hydrogen-bond acceptors (Lipinski definition) is 4. The number of aromatic amines is 1. The number of benzene rings is 2. The normalized spacial score (nSPS) is 16.5. The summed E-state index contributed by atoms with van der Waals surface area (Å²) < 4.78 is 11.5. The van der Waals surface area contributed by atoms with Gasteiger partial charge in [0.15, 0.2) is 11.5 Å². The molecule has 1 aromatic heterocycles. The van der Waals surface area contributed by atoms with Crippen LogP contribution in [0.4, 0.5) is 5.69 Å². The fraction of sp³-hybridized carbons (Fsp3) is 0.286. The van der Waals surface area contributed by atoms with Crippen molar-refractivity contribution >= 4 is 34.1 Å². The minimum absolute atomic E-state index is 0.0443. The van der Waals surface area contributed by atoms with Crippen LogP contribution in [0, 0.1) is 0 Å². The van der Waals surface area contributed by atoms with Gasteiger partial charge in [0.25, 0.3) is 5.91 Å². The van der Waals surface area contributed by atoms with Crippen molar-refractivity contribution in [2.75, 3.05) is 44.3 Å². The number of hydrogen-bond donors (Lipinski definition) is 1. The monoisotopic (exact) mass is 397 g/mol. The van der Waals surface area contributed by atoms with Gasteiger partial charge in [-0.3, -0.25) is 4.79 Å². The number of para-hydroxylation sites is 1. The number of fused-ring (bicyclic) bond motifs is 2. The fourth-order valence-corrected chi connectivity index (χ4v) is 4.08. The lowest BCUT2D eigenvalue weighted by molar-refractivity contribution is 0.0748. The maximum absolute atomic E-state index is 13.0. The highest BCUT2D eigenvalue weighted by Gasteiger charge is 2.27. The number of carbonyl (C=O) groups is 1. The molecular formula is C21H20ClN3O3. The lowest BCUT2D eigenvalue weighted by Gasteiger charge is -2.37. The quantitative estimate of drug-likeness (QED) is 0.718. The van der Waals surface area contributed by atoms with Crippen LogP contribution in [0.1, 0.15) is 10.4 Å². The molecule has 0 radical (unpaired) electrons. The molecule has 28 heavy (non-hydrogen) atoms. The zero-order valence-electron chi connectivity index (χ0n) is 15.3. The number of carbonyl (C=O) groups excluding carboxylic acids is 1. The Kier molecular flexibility index (Phi) is 4.28. The molecule has 0 atom stereocenters. The predicted octanol–water partition coefficient (Wildman–Crippen LogP) is 3.55. The number of nitrogens with zero attached hydrogens (tertiary/aromatic N) is 2. The molecule has 6 nitrogen and oxygen atoms in total. The maximum atomic E-state index is 13.0. The molecule has 2 aromatic carbocycles. The lowest BCUT2D eigenvalue weighted by Crippen LogP contribution is -2.49. The van der Waals surface area contributed by atoms with Crippen LogP contribution in [0.15, 0.2) is 42.6 Å². The van der Waals surface area contributed by atoms with Gasteiger partial charge in [-0.25, -0.2) is 0 Å². The van der Waals surface area contributed by atoms with Gasteiger partial charge in [0, 0.05) is 48.3 Å². The van der Waals surface area contributed by atoms with Crippen molar-refractivity contribution in [2.45, 2.75) is 0 Å². The van der Waals surface area contributed by atoms with Crippen molar-refractivity contribution in [3.8, 4) is 11.5 Å². The number of aromatic nitrogens is 1. The minimum atomic E-state index is 0.0443. The number of rotatable bonds is 2. The first-order valence-electron chi connectivity index (χ1n) is 9.40. The molecule has 0 aliphatic carbocycles. The van der Waals surface area contributed by atoms with E-state index in [4.69, 9.17) is 21.1 Å². The molecule has 7 heteroatoms. The molecule has 0 unspecified atom stereocenters. The van der Waals surface area contributed by atoms with E-state index in [1.807, 2.05) is 35.2 Å². The van der Waals surface area contributed by atoms with Crippen LogP contribution in [0.5, 0.6) is 11.5 Å². The van der Waals surface area contributed by atoms with Crippen LogP contribution < -0.4 is 14.4 Å². The first-order valence-corrected chi connectivity index (χ1v) is 9.78. The average Bonchev–Trinajstić information content (AvgIpc) is 3.16. The number of halogens is 1. The molecule has 144 valence electrons. The maximum Gasteiger partial charge on any atom is 0.256 e. The lowest BCUT2D eigenvalue weighted by atomic mass is 10.1. The summed E-state index contributed by atoms with van der Waals surface area (Å²) in [4.78, 5) is 20.3. The predicted molar refractivity (Wildman–Crippen MR) is 109 cm³/mol. The van der Waals surface area contributed by atoms with E-state index in [1.165, 1.54) is 0 Å². The second kappa shape index (κ2) is 6.95. The molecule has 1 fully saturated rings.